The van der Waals surface area contributed by atoms with E-state index in [0.29, 0.717) is 50.8 Å². The summed E-state index contributed by atoms with van der Waals surface area (Å²) in [4.78, 5) is 14.2. The molecule has 0 aliphatic carbocycles. The minimum Gasteiger partial charge on any atom is -0.486 e. The number of hydrogen-bond acceptors (Lipinski definition) is 6. The molecular weight excluding hydrogens is 358 g/mol. The first-order valence-corrected chi connectivity index (χ1v) is 10.3. The van der Waals surface area contributed by atoms with Gasteiger partial charge in [-0.2, -0.15) is 4.31 Å². The third kappa shape index (κ3) is 3.79. The zero-order valence-electron chi connectivity index (χ0n) is 14.9. The Hall–Kier alpha value is -1.84. The summed E-state index contributed by atoms with van der Waals surface area (Å²) in [5.41, 5.74) is 5.57. The van der Waals surface area contributed by atoms with Crippen LogP contribution in [-0.4, -0.2) is 69.5 Å². The number of fused-ring (bicyclic) bond motifs is 1. The molecule has 1 unspecified atom stereocenters. The van der Waals surface area contributed by atoms with Gasteiger partial charge in [0.05, 0.1) is 4.90 Å². The van der Waals surface area contributed by atoms with Gasteiger partial charge in [-0.25, -0.2) is 8.42 Å². The van der Waals surface area contributed by atoms with Crippen molar-refractivity contribution in [3.63, 3.8) is 0 Å². The Kier molecular flexibility index (Phi) is 5.69. The Morgan fingerprint density at radius 3 is 2.62 bits per heavy atom. The number of benzene rings is 1. The maximum absolute atomic E-state index is 13.0. The van der Waals surface area contributed by atoms with Gasteiger partial charge in [0.25, 0.3) is 0 Å². The van der Waals surface area contributed by atoms with E-state index in [0.717, 1.165) is 0 Å². The summed E-state index contributed by atoms with van der Waals surface area (Å²) in [5.74, 6) is 0.723. The first-order valence-electron chi connectivity index (χ1n) is 8.82. The summed E-state index contributed by atoms with van der Waals surface area (Å²) in [7, 11) is -3.66. The monoisotopic (exact) mass is 383 g/mol. The molecule has 1 aromatic carbocycles. The van der Waals surface area contributed by atoms with Crippen molar-refractivity contribution in [1.29, 1.82) is 0 Å². The highest BCUT2D eigenvalue weighted by Crippen LogP contribution is 2.33. The van der Waals surface area contributed by atoms with Crippen LogP contribution in [0.25, 0.3) is 0 Å². The van der Waals surface area contributed by atoms with E-state index in [2.05, 4.69) is 0 Å². The zero-order chi connectivity index (χ0) is 18.7. The van der Waals surface area contributed by atoms with Crippen LogP contribution < -0.4 is 15.2 Å². The van der Waals surface area contributed by atoms with E-state index in [-0.39, 0.29) is 29.8 Å². The molecule has 0 bridgehead atoms. The molecule has 8 nitrogen and oxygen atoms in total. The highest BCUT2D eigenvalue weighted by Gasteiger charge is 2.30. The summed E-state index contributed by atoms with van der Waals surface area (Å²) in [5, 5.41) is 0. The van der Waals surface area contributed by atoms with Gasteiger partial charge in [0.15, 0.2) is 11.5 Å². The van der Waals surface area contributed by atoms with Gasteiger partial charge in [0.2, 0.25) is 15.9 Å². The second-order valence-corrected chi connectivity index (χ2v) is 8.46. The summed E-state index contributed by atoms with van der Waals surface area (Å²) >= 11 is 0. The summed E-state index contributed by atoms with van der Waals surface area (Å²) in [6.07, 6.45) is 0.590. The lowest BCUT2D eigenvalue weighted by atomic mass is 10.1. The third-order valence-corrected chi connectivity index (χ3v) is 6.59. The molecule has 0 radical (unpaired) electrons. The fourth-order valence-corrected chi connectivity index (χ4v) is 4.59. The van der Waals surface area contributed by atoms with Gasteiger partial charge in [0.1, 0.15) is 13.2 Å². The molecule has 3 rings (SSSR count). The Morgan fingerprint density at radius 2 is 1.88 bits per heavy atom. The molecule has 1 saturated heterocycles. The van der Waals surface area contributed by atoms with Gasteiger partial charge in [-0.3, -0.25) is 4.79 Å². The molecule has 1 aromatic rings. The first kappa shape index (κ1) is 18.9. The number of amides is 1. The normalized spacial score (nSPS) is 19.7. The third-order valence-electron chi connectivity index (χ3n) is 4.69. The fourth-order valence-electron chi connectivity index (χ4n) is 3.10. The van der Waals surface area contributed by atoms with E-state index >= 15 is 0 Å². The van der Waals surface area contributed by atoms with Crippen molar-refractivity contribution in [2.75, 3.05) is 45.9 Å². The molecular formula is C17H25N3O5S. The number of nitrogens with zero attached hydrogens (tertiary/aromatic N) is 2. The number of carbonyl (C=O) groups excluding carboxylic acids is 1. The molecule has 144 valence electrons. The molecule has 1 amide bonds. The highest BCUT2D eigenvalue weighted by atomic mass is 32.2. The largest absolute Gasteiger partial charge is 0.486 e. The Morgan fingerprint density at radius 1 is 1.15 bits per heavy atom. The van der Waals surface area contributed by atoms with E-state index in [1.54, 1.807) is 17.9 Å². The van der Waals surface area contributed by atoms with Crippen LogP contribution in [0.4, 0.5) is 0 Å². The molecule has 1 fully saturated rings. The van der Waals surface area contributed by atoms with Crippen LogP contribution >= 0.6 is 0 Å². The van der Waals surface area contributed by atoms with Gasteiger partial charge in [0, 0.05) is 44.7 Å². The average Bonchev–Trinajstić information content (AvgIpc) is 2.93. The van der Waals surface area contributed by atoms with Crippen molar-refractivity contribution in [1.82, 2.24) is 9.21 Å². The van der Waals surface area contributed by atoms with Crippen molar-refractivity contribution in [2.24, 2.45) is 11.7 Å². The van der Waals surface area contributed by atoms with Crippen LogP contribution in [0.15, 0.2) is 23.1 Å². The standard InChI is InChI=1S/C17H25N3O5S/c1-13(12-18)17(21)19-5-2-6-20(8-7-19)26(22,23)14-3-4-15-16(11-14)25-10-9-24-15/h3-4,11,13H,2,5-10,12,18H2,1H3. The van der Waals surface area contributed by atoms with Gasteiger partial charge >= 0.3 is 0 Å². The van der Waals surface area contributed by atoms with Crippen LogP contribution in [-0.2, 0) is 14.8 Å². The van der Waals surface area contributed by atoms with E-state index < -0.39 is 10.0 Å². The molecule has 2 aliphatic heterocycles. The second-order valence-electron chi connectivity index (χ2n) is 6.53. The summed E-state index contributed by atoms with van der Waals surface area (Å²) in [6, 6.07) is 4.67. The van der Waals surface area contributed by atoms with E-state index in [1.165, 1.54) is 16.4 Å². The summed E-state index contributed by atoms with van der Waals surface area (Å²) < 4.78 is 38.4. The average molecular weight is 383 g/mol. The second kappa shape index (κ2) is 7.81. The minimum absolute atomic E-state index is 0.0222. The van der Waals surface area contributed by atoms with E-state index in [4.69, 9.17) is 15.2 Å². The number of ether oxygens (including phenoxy) is 2. The fraction of sp³-hybridized carbons (Fsp3) is 0.588. The smallest absolute Gasteiger partial charge is 0.243 e. The molecule has 0 saturated carbocycles. The molecule has 1 atom stereocenters. The number of nitrogens with two attached hydrogens (primary N) is 1. The molecule has 26 heavy (non-hydrogen) atoms. The lowest BCUT2D eigenvalue weighted by Gasteiger charge is -2.24. The van der Waals surface area contributed by atoms with Crippen molar-refractivity contribution in [3.8, 4) is 11.5 Å². The van der Waals surface area contributed by atoms with Crippen molar-refractivity contribution in [2.45, 2.75) is 18.2 Å². The first-order chi connectivity index (χ1) is 12.4. The Labute approximate surface area is 153 Å². The Balaban J connectivity index is 1.75. The van der Waals surface area contributed by atoms with Crippen molar-refractivity contribution >= 4 is 15.9 Å². The topological polar surface area (TPSA) is 102 Å². The minimum atomic E-state index is -3.66. The van der Waals surface area contributed by atoms with Gasteiger partial charge in [-0.05, 0) is 18.6 Å². The van der Waals surface area contributed by atoms with E-state index in [1.807, 2.05) is 0 Å². The molecule has 0 aromatic heterocycles. The summed E-state index contributed by atoms with van der Waals surface area (Å²) in [6.45, 7) is 4.47. The SMILES string of the molecule is CC(CN)C(=O)N1CCCN(S(=O)(=O)c2ccc3c(c2)OCCO3)CC1. The number of hydrogen-bond donors (Lipinski definition) is 1. The van der Waals surface area contributed by atoms with Crippen LogP contribution in [0, 0.1) is 5.92 Å². The number of rotatable bonds is 4. The number of sulfonamides is 1. The Bertz CT molecular complexity index is 768. The van der Waals surface area contributed by atoms with Crippen LogP contribution in [0.3, 0.4) is 0 Å². The van der Waals surface area contributed by atoms with Crippen molar-refractivity contribution in [3.05, 3.63) is 18.2 Å². The maximum atomic E-state index is 13.0. The lowest BCUT2D eigenvalue weighted by Crippen LogP contribution is -2.41. The highest BCUT2D eigenvalue weighted by molar-refractivity contribution is 7.89. The molecule has 0 spiro atoms. The lowest BCUT2D eigenvalue weighted by molar-refractivity contribution is -0.134. The van der Waals surface area contributed by atoms with Crippen LogP contribution in [0.2, 0.25) is 0 Å². The van der Waals surface area contributed by atoms with E-state index in [9.17, 15) is 13.2 Å². The number of carbonyl (C=O) groups is 1. The van der Waals surface area contributed by atoms with Gasteiger partial charge < -0.3 is 20.1 Å². The van der Waals surface area contributed by atoms with Gasteiger partial charge in [-0.1, -0.05) is 6.92 Å². The van der Waals surface area contributed by atoms with Crippen LogP contribution in [0.1, 0.15) is 13.3 Å². The molecule has 2 heterocycles. The quantitative estimate of drug-likeness (QED) is 0.801. The zero-order valence-corrected chi connectivity index (χ0v) is 15.7. The van der Waals surface area contributed by atoms with Crippen LogP contribution in [0.5, 0.6) is 11.5 Å². The molecule has 2 aliphatic rings. The molecule has 9 heteroatoms. The maximum Gasteiger partial charge on any atom is 0.243 e. The van der Waals surface area contributed by atoms with Crippen molar-refractivity contribution < 1.29 is 22.7 Å². The predicted molar refractivity (Wildman–Crippen MR) is 95.6 cm³/mol. The predicted octanol–water partition coefficient (Wildman–Crippen LogP) is 0.276. The molecule has 2 N–H and O–H groups in total. The van der Waals surface area contributed by atoms with Gasteiger partial charge in [-0.15, -0.1) is 0 Å².